The molecule has 1 aliphatic rings. The van der Waals surface area contributed by atoms with E-state index in [0.717, 1.165) is 11.1 Å². The Kier molecular flexibility index (Phi) is 7.74. The van der Waals surface area contributed by atoms with Crippen molar-refractivity contribution in [2.45, 2.75) is 31.8 Å². The number of fused-ring (bicyclic) bond motifs is 2. The van der Waals surface area contributed by atoms with Gasteiger partial charge in [0.2, 0.25) is 0 Å². The Balaban J connectivity index is 1.76. The smallest absolute Gasteiger partial charge is 0.273 e. The van der Waals surface area contributed by atoms with Crippen LogP contribution in [0.5, 0.6) is 11.5 Å². The van der Waals surface area contributed by atoms with Crippen LogP contribution in [-0.4, -0.2) is 47.5 Å². The zero-order valence-corrected chi connectivity index (χ0v) is 16.9. The van der Waals surface area contributed by atoms with Crippen molar-refractivity contribution in [3.05, 3.63) is 67.8 Å². The normalized spacial score (nSPS) is 16.3. The Labute approximate surface area is 178 Å². The van der Waals surface area contributed by atoms with Crippen LogP contribution >= 0.6 is 0 Å². The van der Waals surface area contributed by atoms with Crippen LogP contribution in [0.25, 0.3) is 0 Å². The second-order valence-electron chi connectivity index (χ2n) is 7.14. The minimum absolute atomic E-state index is 0.0614. The molecule has 1 aliphatic heterocycles. The van der Waals surface area contributed by atoms with Gasteiger partial charge in [0.1, 0.15) is 24.7 Å². The van der Waals surface area contributed by atoms with Gasteiger partial charge < -0.3 is 19.3 Å². The lowest BCUT2D eigenvalue weighted by atomic mass is 10.00. The highest BCUT2D eigenvalue weighted by Crippen LogP contribution is 2.29. The van der Waals surface area contributed by atoms with Crippen LogP contribution in [-0.2, 0) is 17.6 Å². The number of rotatable bonds is 2. The average molecular weight is 432 g/mol. The summed E-state index contributed by atoms with van der Waals surface area (Å²) in [6, 6.07) is 8.90. The van der Waals surface area contributed by atoms with Crippen LogP contribution in [0.1, 0.15) is 24.0 Å². The molecule has 10 heteroatoms. The predicted molar refractivity (Wildman–Crippen MR) is 111 cm³/mol. The molecule has 0 bridgehead atoms. The summed E-state index contributed by atoms with van der Waals surface area (Å²) in [6.07, 6.45) is 1.22. The molecule has 1 heterocycles. The van der Waals surface area contributed by atoms with E-state index in [2.05, 4.69) is 0 Å². The zero-order valence-electron chi connectivity index (χ0n) is 16.9. The molecule has 2 aromatic rings. The van der Waals surface area contributed by atoms with Crippen molar-refractivity contribution in [3.63, 3.8) is 0 Å². The molecule has 0 amide bonds. The molecule has 0 unspecified atom stereocenters. The van der Waals surface area contributed by atoms with Gasteiger partial charge in [-0.15, -0.1) is 0 Å². The third-order valence-electron chi connectivity index (χ3n) is 4.99. The van der Waals surface area contributed by atoms with Gasteiger partial charge in [-0.3, -0.25) is 20.2 Å². The Morgan fingerprint density at radius 1 is 0.774 bits per heavy atom. The maximum Gasteiger partial charge on any atom is 0.273 e. The summed E-state index contributed by atoms with van der Waals surface area (Å²) >= 11 is 0. The third kappa shape index (κ3) is 6.37. The van der Waals surface area contributed by atoms with Crippen LogP contribution in [0.3, 0.4) is 0 Å². The van der Waals surface area contributed by atoms with Crippen molar-refractivity contribution in [2.24, 2.45) is 0 Å². The molecule has 0 saturated carbocycles. The summed E-state index contributed by atoms with van der Waals surface area (Å²) in [5.74, 6) is 0.817. The van der Waals surface area contributed by atoms with Gasteiger partial charge in [0, 0.05) is 12.1 Å². The lowest BCUT2D eigenvalue weighted by molar-refractivity contribution is -0.385. The van der Waals surface area contributed by atoms with Crippen LogP contribution in [0.4, 0.5) is 11.4 Å². The molecule has 3 rings (SSSR count). The molecule has 1 N–H and O–H groups in total. The molecule has 0 radical (unpaired) electrons. The number of aryl methyl sites for hydroxylation is 2. The standard InChI is InChI=1S/C21H24N2O8/c24-19-7-3-15-1-5-17(22(25)26)13-20(15)30-11-9-29-10-12-31-21-14-18(23(27)28)6-2-16(21)4-8-19/h1-2,5-6,13-14,19,24H,3-4,7-12H2. The third-order valence-corrected chi connectivity index (χ3v) is 4.99. The number of ether oxygens (including phenoxy) is 3. The van der Waals surface area contributed by atoms with Crippen LogP contribution in [0, 0.1) is 20.2 Å². The number of nitrogens with zero attached hydrogens (tertiary/aromatic N) is 2. The van der Waals surface area contributed by atoms with Crippen molar-refractivity contribution < 1.29 is 29.2 Å². The molecule has 0 spiro atoms. The summed E-state index contributed by atoms with van der Waals surface area (Å²) in [5, 5.41) is 32.6. The van der Waals surface area contributed by atoms with Gasteiger partial charge >= 0.3 is 0 Å². The first-order valence-electron chi connectivity index (χ1n) is 10.00. The molecular formula is C21H24N2O8. The molecule has 0 aliphatic carbocycles. The van der Waals surface area contributed by atoms with Gasteiger partial charge in [-0.1, -0.05) is 0 Å². The summed E-state index contributed by atoms with van der Waals surface area (Å²) < 4.78 is 16.9. The number of benzene rings is 2. The lowest BCUT2D eigenvalue weighted by Gasteiger charge is -2.16. The van der Waals surface area contributed by atoms with E-state index in [0.29, 0.717) is 37.2 Å². The molecule has 2 aromatic carbocycles. The highest BCUT2D eigenvalue weighted by Gasteiger charge is 2.16. The molecule has 10 nitrogen and oxygen atoms in total. The van der Waals surface area contributed by atoms with Crippen LogP contribution in [0.15, 0.2) is 36.4 Å². The largest absolute Gasteiger partial charge is 0.491 e. The molecule has 0 saturated heterocycles. The molecule has 31 heavy (non-hydrogen) atoms. The number of hydrogen-bond acceptors (Lipinski definition) is 8. The van der Waals surface area contributed by atoms with E-state index in [1.807, 2.05) is 0 Å². The van der Waals surface area contributed by atoms with E-state index in [1.54, 1.807) is 12.1 Å². The summed E-state index contributed by atoms with van der Waals surface area (Å²) in [7, 11) is 0. The monoisotopic (exact) mass is 432 g/mol. The number of non-ortho nitro benzene ring substituents is 2. The fourth-order valence-corrected chi connectivity index (χ4v) is 3.31. The number of nitro benzene ring substituents is 2. The van der Waals surface area contributed by atoms with Crippen LogP contribution in [0.2, 0.25) is 0 Å². The van der Waals surface area contributed by atoms with E-state index < -0.39 is 16.0 Å². The Hall–Kier alpha value is -3.24. The van der Waals surface area contributed by atoms with E-state index in [9.17, 15) is 25.3 Å². The number of aliphatic hydroxyl groups excluding tert-OH is 1. The minimum Gasteiger partial charge on any atom is -0.491 e. The van der Waals surface area contributed by atoms with E-state index in [1.165, 1.54) is 24.3 Å². The van der Waals surface area contributed by atoms with Crippen molar-refractivity contribution in [3.8, 4) is 11.5 Å². The molecule has 166 valence electrons. The second-order valence-corrected chi connectivity index (χ2v) is 7.14. The topological polar surface area (TPSA) is 134 Å². The van der Waals surface area contributed by atoms with E-state index in [4.69, 9.17) is 14.2 Å². The molecule has 0 aromatic heterocycles. The summed E-state index contributed by atoms with van der Waals surface area (Å²) in [6.45, 7) is 0.878. The van der Waals surface area contributed by atoms with Crippen molar-refractivity contribution in [2.75, 3.05) is 26.4 Å². The second kappa shape index (κ2) is 10.7. The number of nitro groups is 2. The fourth-order valence-electron chi connectivity index (χ4n) is 3.31. The summed E-state index contributed by atoms with van der Waals surface area (Å²) in [5.41, 5.74) is 1.43. The molecule has 0 fully saturated rings. The first-order chi connectivity index (χ1) is 14.9. The Bertz CT molecular complexity index is 860. The maximum absolute atomic E-state index is 11.1. The Morgan fingerprint density at radius 3 is 1.65 bits per heavy atom. The quantitative estimate of drug-likeness (QED) is 0.565. The summed E-state index contributed by atoms with van der Waals surface area (Å²) in [4.78, 5) is 21.2. The highest BCUT2D eigenvalue weighted by molar-refractivity contribution is 5.45. The number of hydrogen-bond donors (Lipinski definition) is 1. The average Bonchev–Trinajstić information content (AvgIpc) is 2.75. The first-order valence-corrected chi connectivity index (χ1v) is 10.00. The van der Waals surface area contributed by atoms with Gasteiger partial charge in [0.05, 0.1) is 41.3 Å². The lowest BCUT2D eigenvalue weighted by Crippen LogP contribution is -2.15. The Morgan fingerprint density at radius 2 is 1.23 bits per heavy atom. The maximum atomic E-state index is 11.1. The van der Waals surface area contributed by atoms with Gasteiger partial charge in [-0.05, 0) is 48.9 Å². The highest BCUT2D eigenvalue weighted by atomic mass is 16.6. The minimum atomic E-state index is -0.623. The van der Waals surface area contributed by atoms with Gasteiger partial charge in [0.15, 0.2) is 0 Å². The van der Waals surface area contributed by atoms with Crippen molar-refractivity contribution >= 4 is 11.4 Å². The van der Waals surface area contributed by atoms with Gasteiger partial charge in [0.25, 0.3) is 11.4 Å². The van der Waals surface area contributed by atoms with Crippen molar-refractivity contribution in [1.29, 1.82) is 0 Å². The van der Waals surface area contributed by atoms with Crippen LogP contribution < -0.4 is 9.47 Å². The molecule has 0 atom stereocenters. The fraction of sp³-hybridized carbons (Fsp3) is 0.429. The van der Waals surface area contributed by atoms with Gasteiger partial charge in [-0.2, -0.15) is 0 Å². The zero-order chi connectivity index (χ0) is 22.2. The SMILES string of the molecule is O=[N+]([O-])c1ccc2c(c1)OCCOCCOc1cc([N+](=O)[O-])ccc1CCC(O)CC2. The van der Waals surface area contributed by atoms with E-state index >= 15 is 0 Å². The van der Waals surface area contributed by atoms with E-state index in [-0.39, 0.29) is 37.8 Å². The number of aliphatic hydroxyl groups is 1. The predicted octanol–water partition coefficient (Wildman–Crippen LogP) is 3.22. The molecular weight excluding hydrogens is 408 g/mol. The van der Waals surface area contributed by atoms with Crippen molar-refractivity contribution in [1.82, 2.24) is 0 Å². The van der Waals surface area contributed by atoms with Gasteiger partial charge in [-0.25, -0.2) is 0 Å². The first kappa shape index (κ1) is 22.4.